The summed E-state index contributed by atoms with van der Waals surface area (Å²) in [5.41, 5.74) is 0.832. The summed E-state index contributed by atoms with van der Waals surface area (Å²) < 4.78 is 0. The van der Waals surface area contributed by atoms with Crippen molar-refractivity contribution in [1.29, 1.82) is 0 Å². The monoisotopic (exact) mass is 268 g/mol. The number of alkyl halides is 1. The number of aromatic nitrogens is 2. The predicted molar refractivity (Wildman–Crippen MR) is 75.1 cm³/mol. The van der Waals surface area contributed by atoms with Crippen molar-refractivity contribution in [1.82, 2.24) is 15.1 Å². The van der Waals surface area contributed by atoms with Gasteiger partial charge in [-0.3, -0.25) is 4.90 Å². The first-order valence-corrected chi connectivity index (χ1v) is 7.15. The molecule has 1 aromatic rings. The van der Waals surface area contributed by atoms with E-state index < -0.39 is 0 Å². The Morgan fingerprint density at radius 2 is 1.94 bits per heavy atom. The van der Waals surface area contributed by atoms with Crippen LogP contribution in [-0.4, -0.2) is 47.3 Å². The molecule has 2 rings (SSSR count). The van der Waals surface area contributed by atoms with Gasteiger partial charge in [0.25, 0.3) is 0 Å². The molecule has 100 valence electrons. The van der Waals surface area contributed by atoms with E-state index in [1.807, 2.05) is 12.1 Å². The van der Waals surface area contributed by atoms with E-state index in [0.717, 1.165) is 37.7 Å². The molecule has 0 radical (unpaired) electrons. The molecule has 1 unspecified atom stereocenters. The minimum atomic E-state index is 0.426. The highest BCUT2D eigenvalue weighted by molar-refractivity contribution is 6.16. The van der Waals surface area contributed by atoms with E-state index in [1.165, 1.54) is 6.42 Å². The molecule has 1 aromatic heterocycles. The van der Waals surface area contributed by atoms with Gasteiger partial charge in [0.2, 0.25) is 0 Å². The van der Waals surface area contributed by atoms with Crippen LogP contribution in [0.3, 0.4) is 0 Å². The first-order valence-electron chi connectivity index (χ1n) is 6.62. The highest BCUT2D eigenvalue weighted by atomic mass is 35.5. The summed E-state index contributed by atoms with van der Waals surface area (Å²) in [4.78, 5) is 4.83. The average molecular weight is 269 g/mol. The van der Waals surface area contributed by atoms with Crippen LogP contribution in [0.25, 0.3) is 0 Å². The molecule has 0 aliphatic carbocycles. The third-order valence-corrected chi connectivity index (χ3v) is 3.97. The first-order chi connectivity index (χ1) is 8.74. The van der Waals surface area contributed by atoms with Crippen LogP contribution in [0.4, 0.5) is 5.82 Å². The van der Waals surface area contributed by atoms with Gasteiger partial charge in [0.1, 0.15) is 0 Å². The second kappa shape index (κ2) is 6.34. The van der Waals surface area contributed by atoms with Crippen LogP contribution in [0, 0.1) is 0 Å². The highest BCUT2D eigenvalue weighted by Gasteiger charge is 2.20. The minimum absolute atomic E-state index is 0.426. The van der Waals surface area contributed by atoms with Crippen LogP contribution in [0.2, 0.25) is 0 Å². The lowest BCUT2D eigenvalue weighted by Gasteiger charge is -2.38. The number of nitrogens with zero attached hydrogens (tertiary/aromatic N) is 4. The molecule has 0 bridgehead atoms. The van der Waals surface area contributed by atoms with E-state index in [2.05, 4.69) is 33.8 Å². The molecule has 1 atom stereocenters. The normalized spacial score (nSPS) is 18.9. The molecule has 1 saturated heterocycles. The van der Waals surface area contributed by atoms with Crippen molar-refractivity contribution in [3.8, 4) is 0 Å². The molecule has 0 amide bonds. The smallest absolute Gasteiger partial charge is 0.151 e. The van der Waals surface area contributed by atoms with Crippen LogP contribution in [0.15, 0.2) is 12.1 Å². The van der Waals surface area contributed by atoms with Gasteiger partial charge < -0.3 is 4.90 Å². The average Bonchev–Trinajstić information content (AvgIpc) is 2.47. The van der Waals surface area contributed by atoms with Gasteiger partial charge in [-0.2, -0.15) is 5.10 Å². The Morgan fingerprint density at radius 3 is 2.44 bits per heavy atom. The summed E-state index contributed by atoms with van der Waals surface area (Å²) in [5.74, 6) is 1.39. The Kier molecular flexibility index (Phi) is 4.78. The largest absolute Gasteiger partial charge is 0.353 e. The van der Waals surface area contributed by atoms with Gasteiger partial charge >= 0.3 is 0 Å². The van der Waals surface area contributed by atoms with Gasteiger partial charge in [0.15, 0.2) is 5.82 Å². The number of hydrogen-bond donors (Lipinski definition) is 0. The van der Waals surface area contributed by atoms with Crippen LogP contribution in [0.5, 0.6) is 0 Å². The maximum Gasteiger partial charge on any atom is 0.151 e. The van der Waals surface area contributed by atoms with Crippen LogP contribution in [0.1, 0.15) is 26.0 Å². The zero-order valence-electron chi connectivity index (χ0n) is 11.1. The molecule has 18 heavy (non-hydrogen) atoms. The molecule has 1 aliphatic rings. The summed E-state index contributed by atoms with van der Waals surface area (Å²) in [5, 5.41) is 8.34. The first kappa shape index (κ1) is 13.6. The summed E-state index contributed by atoms with van der Waals surface area (Å²) in [6, 6.07) is 4.65. The van der Waals surface area contributed by atoms with Crippen molar-refractivity contribution < 1.29 is 0 Å². The van der Waals surface area contributed by atoms with Crippen LogP contribution in [-0.2, 0) is 5.88 Å². The fourth-order valence-corrected chi connectivity index (χ4v) is 2.39. The fourth-order valence-electron chi connectivity index (χ4n) is 2.24. The summed E-state index contributed by atoms with van der Waals surface area (Å²) in [6.07, 6.45) is 1.21. The number of halogens is 1. The Morgan fingerprint density at radius 1 is 1.22 bits per heavy atom. The molecular formula is C13H21ClN4. The van der Waals surface area contributed by atoms with Gasteiger partial charge in [-0.25, -0.2) is 0 Å². The Hall–Kier alpha value is -0.870. The van der Waals surface area contributed by atoms with Crippen LogP contribution >= 0.6 is 11.6 Å². The lowest BCUT2D eigenvalue weighted by atomic mass is 10.2. The van der Waals surface area contributed by atoms with Gasteiger partial charge in [-0.15, -0.1) is 16.7 Å². The number of rotatable bonds is 4. The zero-order valence-corrected chi connectivity index (χ0v) is 11.9. The molecule has 0 spiro atoms. The molecule has 2 heterocycles. The van der Waals surface area contributed by atoms with Gasteiger partial charge in [0, 0.05) is 32.2 Å². The third-order valence-electron chi connectivity index (χ3n) is 3.70. The summed E-state index contributed by atoms with van der Waals surface area (Å²) in [6.45, 7) is 8.80. The third kappa shape index (κ3) is 3.12. The maximum absolute atomic E-state index is 5.71. The Balaban J connectivity index is 1.92. The van der Waals surface area contributed by atoms with E-state index in [4.69, 9.17) is 11.6 Å². The van der Waals surface area contributed by atoms with E-state index in [9.17, 15) is 0 Å². The standard InChI is InChI=1S/C13H21ClN4/c1-3-11(2)17-6-8-18(9-7-17)13-5-4-12(10-14)15-16-13/h4-5,11H,3,6-10H2,1-2H3. The molecule has 1 fully saturated rings. The number of piperazine rings is 1. The van der Waals surface area contributed by atoms with E-state index in [1.54, 1.807) is 0 Å². The fraction of sp³-hybridized carbons (Fsp3) is 0.692. The summed E-state index contributed by atoms with van der Waals surface area (Å²) >= 11 is 5.71. The Labute approximate surface area is 114 Å². The number of anilines is 1. The van der Waals surface area contributed by atoms with E-state index in [-0.39, 0.29) is 0 Å². The zero-order chi connectivity index (χ0) is 13.0. The molecule has 5 heteroatoms. The minimum Gasteiger partial charge on any atom is -0.353 e. The van der Waals surface area contributed by atoms with Crippen molar-refractivity contribution >= 4 is 17.4 Å². The lowest BCUT2D eigenvalue weighted by Crippen LogP contribution is -2.49. The van der Waals surface area contributed by atoms with Crippen molar-refractivity contribution in [2.75, 3.05) is 31.1 Å². The van der Waals surface area contributed by atoms with Crippen LogP contribution < -0.4 is 4.90 Å². The quantitative estimate of drug-likeness (QED) is 0.783. The Bertz CT molecular complexity index is 360. The number of hydrogen-bond acceptors (Lipinski definition) is 4. The lowest BCUT2D eigenvalue weighted by molar-refractivity contribution is 0.192. The predicted octanol–water partition coefficient (Wildman–Crippen LogP) is 2.14. The molecule has 0 aromatic carbocycles. The van der Waals surface area contributed by atoms with Crippen molar-refractivity contribution in [2.45, 2.75) is 32.2 Å². The van der Waals surface area contributed by atoms with Crippen molar-refractivity contribution in [2.24, 2.45) is 0 Å². The molecule has 0 saturated carbocycles. The maximum atomic E-state index is 5.71. The highest BCUT2D eigenvalue weighted by Crippen LogP contribution is 2.15. The van der Waals surface area contributed by atoms with E-state index >= 15 is 0 Å². The topological polar surface area (TPSA) is 32.3 Å². The molecular weight excluding hydrogens is 248 g/mol. The second-order valence-electron chi connectivity index (χ2n) is 4.80. The van der Waals surface area contributed by atoms with Gasteiger partial charge in [0.05, 0.1) is 11.6 Å². The van der Waals surface area contributed by atoms with Gasteiger partial charge in [-0.05, 0) is 25.5 Å². The van der Waals surface area contributed by atoms with Crippen molar-refractivity contribution in [3.63, 3.8) is 0 Å². The van der Waals surface area contributed by atoms with Gasteiger partial charge in [-0.1, -0.05) is 6.92 Å². The second-order valence-corrected chi connectivity index (χ2v) is 5.06. The molecule has 4 nitrogen and oxygen atoms in total. The summed E-state index contributed by atoms with van der Waals surface area (Å²) in [7, 11) is 0. The molecule has 0 N–H and O–H groups in total. The molecule has 1 aliphatic heterocycles. The SMILES string of the molecule is CCC(C)N1CCN(c2ccc(CCl)nn2)CC1. The van der Waals surface area contributed by atoms with Crippen molar-refractivity contribution in [3.05, 3.63) is 17.8 Å². The van der Waals surface area contributed by atoms with E-state index in [0.29, 0.717) is 11.9 Å².